The van der Waals surface area contributed by atoms with Crippen molar-refractivity contribution in [1.29, 1.82) is 0 Å². The van der Waals surface area contributed by atoms with E-state index >= 15 is 0 Å². The van der Waals surface area contributed by atoms with Crippen LogP contribution >= 0.6 is 0 Å². The van der Waals surface area contributed by atoms with Gasteiger partial charge in [0.1, 0.15) is 24.1 Å². The third-order valence-corrected chi connectivity index (χ3v) is 5.44. The van der Waals surface area contributed by atoms with Gasteiger partial charge in [0.25, 0.3) is 5.91 Å². The SMILES string of the molecule is COc1ccc(NC(=O)CCNC(=O)[C@@H]2O[C@H]3OC(C)(C)O[C@@H]3[C@@H]3OC(C)(C)O[C@H]32)cc1. The molecule has 0 saturated carbocycles. The van der Waals surface area contributed by atoms with Gasteiger partial charge in [-0.05, 0) is 52.0 Å². The van der Waals surface area contributed by atoms with Gasteiger partial charge in [0.2, 0.25) is 5.91 Å². The molecule has 0 bridgehead atoms. The van der Waals surface area contributed by atoms with E-state index in [1.54, 1.807) is 59.1 Å². The number of carbonyl (C=O) groups is 2. The first kappa shape index (κ1) is 22.9. The second-order valence-corrected chi connectivity index (χ2v) is 8.91. The second kappa shape index (κ2) is 8.60. The summed E-state index contributed by atoms with van der Waals surface area (Å²) in [5.41, 5.74) is 0.645. The molecule has 1 aromatic rings. The zero-order valence-corrected chi connectivity index (χ0v) is 18.9. The maximum atomic E-state index is 12.9. The summed E-state index contributed by atoms with van der Waals surface area (Å²) in [6.45, 7) is 7.25. The molecule has 2 amide bonds. The van der Waals surface area contributed by atoms with Crippen LogP contribution in [0.2, 0.25) is 0 Å². The lowest BCUT2D eigenvalue weighted by atomic mass is 9.98. The fourth-order valence-corrected chi connectivity index (χ4v) is 4.12. The lowest BCUT2D eigenvalue weighted by molar-refractivity contribution is -0.231. The molecule has 0 spiro atoms. The summed E-state index contributed by atoms with van der Waals surface area (Å²) in [5.74, 6) is -1.68. The zero-order chi connectivity index (χ0) is 23.1. The zero-order valence-electron chi connectivity index (χ0n) is 18.9. The van der Waals surface area contributed by atoms with Gasteiger partial charge in [-0.2, -0.15) is 0 Å². The van der Waals surface area contributed by atoms with Crippen LogP contribution in [0, 0.1) is 0 Å². The largest absolute Gasteiger partial charge is 0.497 e. The highest BCUT2D eigenvalue weighted by Gasteiger charge is 2.62. The first-order valence-electron chi connectivity index (χ1n) is 10.7. The van der Waals surface area contributed by atoms with Crippen LogP contribution in [0.4, 0.5) is 5.69 Å². The quantitative estimate of drug-likeness (QED) is 0.671. The van der Waals surface area contributed by atoms with Crippen LogP contribution < -0.4 is 15.4 Å². The highest BCUT2D eigenvalue weighted by molar-refractivity contribution is 5.91. The van der Waals surface area contributed by atoms with Crippen molar-refractivity contribution >= 4 is 17.5 Å². The minimum atomic E-state index is -0.954. The molecule has 3 heterocycles. The van der Waals surface area contributed by atoms with E-state index in [1.165, 1.54) is 0 Å². The van der Waals surface area contributed by atoms with E-state index in [0.29, 0.717) is 11.4 Å². The summed E-state index contributed by atoms with van der Waals surface area (Å²) < 4.78 is 34.7. The van der Waals surface area contributed by atoms with E-state index in [1.807, 2.05) is 0 Å². The van der Waals surface area contributed by atoms with Gasteiger partial charge in [0.05, 0.1) is 7.11 Å². The molecule has 3 aliphatic heterocycles. The standard InChI is InChI=1S/C22H30N2O8/c1-21(2)29-15-16(30-21)18-20(32-22(3,4)31-18)28-17(15)19(26)23-11-10-14(25)24-12-6-8-13(27-5)9-7-12/h6-9,15-18,20H,10-11H2,1-5H3,(H,23,26)(H,24,25)/t15-,16-,17-,18-,20+/m1/s1. The molecule has 4 rings (SSSR count). The monoisotopic (exact) mass is 450 g/mol. The molecule has 0 aromatic heterocycles. The Morgan fingerprint density at radius 3 is 2.25 bits per heavy atom. The van der Waals surface area contributed by atoms with E-state index in [0.717, 1.165) is 0 Å². The van der Waals surface area contributed by atoms with Crippen molar-refractivity contribution in [2.75, 3.05) is 19.0 Å². The van der Waals surface area contributed by atoms with Gasteiger partial charge in [-0.25, -0.2) is 0 Å². The average molecular weight is 450 g/mol. The van der Waals surface area contributed by atoms with Gasteiger partial charge in [-0.15, -0.1) is 0 Å². The number of ether oxygens (including phenoxy) is 6. The van der Waals surface area contributed by atoms with Crippen molar-refractivity contribution in [3.8, 4) is 5.75 Å². The van der Waals surface area contributed by atoms with Crippen molar-refractivity contribution in [2.45, 2.75) is 76.4 Å². The molecule has 3 fully saturated rings. The van der Waals surface area contributed by atoms with Gasteiger partial charge in [0, 0.05) is 18.7 Å². The minimum absolute atomic E-state index is 0.0974. The third-order valence-electron chi connectivity index (χ3n) is 5.44. The van der Waals surface area contributed by atoms with E-state index < -0.39 is 48.2 Å². The number of anilines is 1. The van der Waals surface area contributed by atoms with Crippen LogP contribution in [-0.4, -0.2) is 67.7 Å². The maximum absolute atomic E-state index is 12.9. The number of methoxy groups -OCH3 is 1. The predicted molar refractivity (Wildman–Crippen MR) is 112 cm³/mol. The summed E-state index contributed by atoms with van der Waals surface area (Å²) in [6, 6.07) is 6.99. The minimum Gasteiger partial charge on any atom is -0.497 e. The maximum Gasteiger partial charge on any atom is 0.252 e. The fourth-order valence-electron chi connectivity index (χ4n) is 4.12. The smallest absolute Gasteiger partial charge is 0.252 e. The molecule has 0 aliphatic carbocycles. The van der Waals surface area contributed by atoms with Crippen molar-refractivity contribution in [1.82, 2.24) is 5.32 Å². The summed E-state index contributed by atoms with van der Waals surface area (Å²) in [4.78, 5) is 25.1. The fraction of sp³-hybridized carbons (Fsp3) is 0.636. The average Bonchev–Trinajstić information content (AvgIpc) is 3.21. The molecular weight excluding hydrogens is 420 g/mol. The van der Waals surface area contributed by atoms with Crippen LogP contribution in [0.3, 0.4) is 0 Å². The lowest BCUT2D eigenvalue weighted by Crippen LogP contribution is -2.59. The van der Waals surface area contributed by atoms with E-state index in [4.69, 9.17) is 28.4 Å². The molecule has 10 nitrogen and oxygen atoms in total. The Labute approximate surface area is 186 Å². The van der Waals surface area contributed by atoms with E-state index in [9.17, 15) is 9.59 Å². The molecule has 32 heavy (non-hydrogen) atoms. The lowest BCUT2D eigenvalue weighted by Gasteiger charge is -2.36. The Morgan fingerprint density at radius 1 is 0.938 bits per heavy atom. The van der Waals surface area contributed by atoms with Gasteiger partial charge < -0.3 is 39.1 Å². The normalized spacial score (nSPS) is 32.0. The predicted octanol–water partition coefficient (Wildman–Crippen LogP) is 1.54. The van der Waals surface area contributed by atoms with Crippen LogP contribution in [0.15, 0.2) is 24.3 Å². The van der Waals surface area contributed by atoms with Crippen molar-refractivity contribution < 1.29 is 38.0 Å². The number of carbonyl (C=O) groups excluding carboxylic acids is 2. The molecule has 0 radical (unpaired) electrons. The molecular formula is C22H30N2O8. The van der Waals surface area contributed by atoms with Crippen molar-refractivity contribution in [3.05, 3.63) is 24.3 Å². The number of benzene rings is 1. The molecule has 2 N–H and O–H groups in total. The molecule has 5 atom stereocenters. The first-order valence-corrected chi connectivity index (χ1v) is 10.7. The Bertz CT molecular complexity index is 856. The summed E-state index contributed by atoms with van der Waals surface area (Å²) in [6.07, 6.45) is -3.28. The second-order valence-electron chi connectivity index (χ2n) is 8.91. The van der Waals surface area contributed by atoms with Crippen molar-refractivity contribution in [3.63, 3.8) is 0 Å². The van der Waals surface area contributed by atoms with Gasteiger partial charge in [-0.1, -0.05) is 0 Å². The molecule has 3 aliphatic rings. The molecule has 10 heteroatoms. The van der Waals surface area contributed by atoms with Gasteiger partial charge in [-0.3, -0.25) is 9.59 Å². The molecule has 3 saturated heterocycles. The number of amides is 2. The first-order chi connectivity index (χ1) is 15.1. The van der Waals surface area contributed by atoms with Crippen LogP contribution in [0.5, 0.6) is 5.75 Å². The van der Waals surface area contributed by atoms with E-state index in [2.05, 4.69) is 10.6 Å². The number of nitrogens with one attached hydrogen (secondary N) is 2. The summed E-state index contributed by atoms with van der Waals surface area (Å²) in [5, 5.41) is 5.53. The summed E-state index contributed by atoms with van der Waals surface area (Å²) >= 11 is 0. The summed E-state index contributed by atoms with van der Waals surface area (Å²) in [7, 11) is 1.57. The number of rotatable bonds is 6. The molecule has 1 aromatic carbocycles. The number of fused-ring (bicyclic) bond motifs is 3. The number of hydrogen-bond acceptors (Lipinski definition) is 8. The Morgan fingerprint density at radius 2 is 1.56 bits per heavy atom. The van der Waals surface area contributed by atoms with Crippen molar-refractivity contribution in [2.24, 2.45) is 0 Å². The Kier molecular flexibility index (Phi) is 6.17. The number of hydrogen-bond donors (Lipinski definition) is 2. The van der Waals surface area contributed by atoms with Gasteiger partial charge in [0.15, 0.2) is 24.0 Å². The Hall–Kier alpha value is -2.24. The van der Waals surface area contributed by atoms with Crippen LogP contribution in [0.25, 0.3) is 0 Å². The highest BCUT2D eigenvalue weighted by atomic mass is 16.9. The van der Waals surface area contributed by atoms with Crippen LogP contribution in [0.1, 0.15) is 34.1 Å². The van der Waals surface area contributed by atoms with Gasteiger partial charge >= 0.3 is 0 Å². The van der Waals surface area contributed by atoms with E-state index in [-0.39, 0.29) is 18.9 Å². The highest BCUT2D eigenvalue weighted by Crippen LogP contribution is 2.44. The Balaban J connectivity index is 1.32. The third kappa shape index (κ3) is 4.89. The van der Waals surface area contributed by atoms with Crippen LogP contribution in [-0.2, 0) is 33.3 Å². The molecule has 176 valence electrons. The molecule has 0 unspecified atom stereocenters. The topological polar surface area (TPSA) is 114 Å².